The first-order valence-corrected chi connectivity index (χ1v) is 11.1. The van der Waals surface area contributed by atoms with Crippen LogP contribution >= 0.6 is 11.3 Å². The zero-order valence-corrected chi connectivity index (χ0v) is 15.8. The second-order valence-corrected chi connectivity index (χ2v) is 10.3. The van der Waals surface area contributed by atoms with Crippen LogP contribution in [0.3, 0.4) is 0 Å². The molecule has 1 saturated carbocycles. The zero-order valence-electron chi connectivity index (χ0n) is 14.2. The van der Waals surface area contributed by atoms with E-state index in [-0.39, 0.29) is 5.91 Å². The van der Waals surface area contributed by atoms with Crippen molar-refractivity contribution in [2.45, 2.75) is 62.1 Å². The van der Waals surface area contributed by atoms with Crippen molar-refractivity contribution in [1.82, 2.24) is 9.62 Å². The van der Waals surface area contributed by atoms with Crippen molar-refractivity contribution >= 4 is 27.3 Å². The Labute approximate surface area is 148 Å². The molecular formula is C17H26N2O3S2. The van der Waals surface area contributed by atoms with Gasteiger partial charge in [0.15, 0.2) is 0 Å². The molecule has 0 radical (unpaired) electrons. The number of hydrogen-bond donors (Lipinski definition) is 1. The number of hydrogen-bond acceptors (Lipinski definition) is 4. The number of rotatable bonds is 5. The van der Waals surface area contributed by atoms with Crippen molar-refractivity contribution in [2.75, 3.05) is 13.1 Å². The minimum absolute atomic E-state index is 0.130. The SMILES string of the molecule is Cc1ccc(S(=O)(=O)N2CCC[C@H]2C(=O)NCC2CCCCC2)s1. The van der Waals surface area contributed by atoms with E-state index in [4.69, 9.17) is 0 Å². The Bertz CT molecular complexity index is 678. The van der Waals surface area contributed by atoms with E-state index in [0.717, 1.165) is 11.3 Å². The summed E-state index contributed by atoms with van der Waals surface area (Å²) in [5, 5.41) is 3.01. The molecule has 5 nitrogen and oxygen atoms in total. The number of carbonyl (C=O) groups is 1. The lowest BCUT2D eigenvalue weighted by molar-refractivity contribution is -0.124. The van der Waals surface area contributed by atoms with Gasteiger partial charge in [0.05, 0.1) is 0 Å². The summed E-state index contributed by atoms with van der Waals surface area (Å²) in [4.78, 5) is 13.5. The van der Waals surface area contributed by atoms with Gasteiger partial charge in [-0.3, -0.25) is 4.79 Å². The molecular weight excluding hydrogens is 344 g/mol. The summed E-state index contributed by atoms with van der Waals surface area (Å²) in [5.74, 6) is 0.420. The molecule has 2 fully saturated rings. The van der Waals surface area contributed by atoms with Crippen LogP contribution in [0.25, 0.3) is 0 Å². The summed E-state index contributed by atoms with van der Waals surface area (Å²) in [6, 6.07) is 2.90. The number of thiophene rings is 1. The van der Waals surface area contributed by atoms with E-state index in [1.165, 1.54) is 47.7 Å². The summed E-state index contributed by atoms with van der Waals surface area (Å²) in [5.41, 5.74) is 0. The van der Waals surface area contributed by atoms with Gasteiger partial charge in [0, 0.05) is 18.0 Å². The van der Waals surface area contributed by atoms with Crippen LogP contribution in [0.5, 0.6) is 0 Å². The second-order valence-electron chi connectivity index (χ2n) is 6.89. The van der Waals surface area contributed by atoms with Crippen LogP contribution < -0.4 is 5.32 Å². The van der Waals surface area contributed by atoms with Gasteiger partial charge in [0.1, 0.15) is 10.3 Å². The Balaban J connectivity index is 1.65. The Morgan fingerprint density at radius 2 is 1.96 bits per heavy atom. The maximum absolute atomic E-state index is 12.8. The van der Waals surface area contributed by atoms with Gasteiger partial charge in [-0.1, -0.05) is 19.3 Å². The first kappa shape index (κ1) is 17.9. The van der Waals surface area contributed by atoms with E-state index in [9.17, 15) is 13.2 Å². The van der Waals surface area contributed by atoms with Crippen molar-refractivity contribution < 1.29 is 13.2 Å². The first-order chi connectivity index (χ1) is 11.5. The molecule has 7 heteroatoms. The lowest BCUT2D eigenvalue weighted by Crippen LogP contribution is -2.46. The normalized spacial score (nSPS) is 23.5. The average molecular weight is 371 g/mol. The molecule has 2 aliphatic rings. The van der Waals surface area contributed by atoms with Gasteiger partial charge in [0.2, 0.25) is 5.91 Å². The first-order valence-electron chi connectivity index (χ1n) is 8.84. The Kier molecular flexibility index (Phi) is 5.62. The molecule has 1 amide bonds. The minimum Gasteiger partial charge on any atom is -0.354 e. The minimum atomic E-state index is -3.56. The molecule has 0 unspecified atom stereocenters. The van der Waals surface area contributed by atoms with Gasteiger partial charge in [-0.25, -0.2) is 8.42 Å². The van der Waals surface area contributed by atoms with Crippen molar-refractivity contribution in [3.8, 4) is 0 Å². The predicted molar refractivity (Wildman–Crippen MR) is 95.6 cm³/mol. The third kappa shape index (κ3) is 3.83. The molecule has 24 heavy (non-hydrogen) atoms. The highest BCUT2D eigenvalue weighted by atomic mass is 32.2. The van der Waals surface area contributed by atoms with E-state index >= 15 is 0 Å². The van der Waals surface area contributed by atoms with Crippen LogP contribution in [-0.2, 0) is 14.8 Å². The van der Waals surface area contributed by atoms with E-state index in [2.05, 4.69) is 5.32 Å². The number of nitrogens with zero attached hydrogens (tertiary/aromatic N) is 1. The van der Waals surface area contributed by atoms with Crippen LogP contribution in [0.4, 0.5) is 0 Å². The Morgan fingerprint density at radius 1 is 1.21 bits per heavy atom. The number of carbonyl (C=O) groups excluding carboxylic acids is 1. The lowest BCUT2D eigenvalue weighted by atomic mass is 9.89. The van der Waals surface area contributed by atoms with Crippen molar-refractivity contribution in [3.63, 3.8) is 0 Å². The molecule has 1 atom stereocenters. The van der Waals surface area contributed by atoms with Gasteiger partial charge in [-0.15, -0.1) is 11.3 Å². The highest BCUT2D eigenvalue weighted by molar-refractivity contribution is 7.91. The summed E-state index contributed by atoms with van der Waals surface area (Å²) in [6.45, 7) is 3.00. The highest BCUT2D eigenvalue weighted by Crippen LogP contribution is 2.30. The molecule has 1 aromatic heterocycles. The number of amides is 1. The van der Waals surface area contributed by atoms with Crippen LogP contribution in [0.2, 0.25) is 0 Å². The third-order valence-electron chi connectivity index (χ3n) is 5.07. The fraction of sp³-hybridized carbons (Fsp3) is 0.706. The lowest BCUT2D eigenvalue weighted by Gasteiger charge is -2.25. The number of sulfonamides is 1. The van der Waals surface area contributed by atoms with Crippen LogP contribution in [0, 0.1) is 12.8 Å². The van der Waals surface area contributed by atoms with E-state index in [1.54, 1.807) is 6.07 Å². The molecule has 1 aliphatic carbocycles. The Morgan fingerprint density at radius 3 is 2.62 bits per heavy atom. The molecule has 0 spiro atoms. The molecule has 1 aliphatic heterocycles. The zero-order chi connectivity index (χ0) is 17.2. The fourth-order valence-corrected chi connectivity index (χ4v) is 6.78. The molecule has 1 saturated heterocycles. The monoisotopic (exact) mass is 370 g/mol. The number of aryl methyl sites for hydroxylation is 1. The van der Waals surface area contributed by atoms with Crippen molar-refractivity contribution in [2.24, 2.45) is 5.92 Å². The smallest absolute Gasteiger partial charge is 0.253 e. The van der Waals surface area contributed by atoms with Gasteiger partial charge in [-0.05, 0) is 50.7 Å². The molecule has 134 valence electrons. The maximum atomic E-state index is 12.8. The fourth-order valence-electron chi connectivity index (χ4n) is 3.71. The Hall–Kier alpha value is -0.920. The van der Waals surface area contributed by atoms with E-state index < -0.39 is 16.1 Å². The summed E-state index contributed by atoms with van der Waals surface area (Å²) in [6.07, 6.45) is 7.46. The molecule has 1 aromatic rings. The third-order valence-corrected chi connectivity index (χ3v) is 8.45. The summed E-state index contributed by atoms with van der Waals surface area (Å²) >= 11 is 1.27. The number of nitrogens with one attached hydrogen (secondary N) is 1. The van der Waals surface area contributed by atoms with Gasteiger partial charge in [0.25, 0.3) is 10.0 Å². The van der Waals surface area contributed by atoms with E-state index in [1.807, 2.05) is 13.0 Å². The van der Waals surface area contributed by atoms with Crippen LogP contribution in [0.15, 0.2) is 16.3 Å². The molecule has 0 aromatic carbocycles. The molecule has 3 rings (SSSR count). The average Bonchev–Trinajstić information content (AvgIpc) is 3.23. The summed E-state index contributed by atoms with van der Waals surface area (Å²) in [7, 11) is -3.56. The van der Waals surface area contributed by atoms with Crippen molar-refractivity contribution in [1.29, 1.82) is 0 Å². The standard InChI is InChI=1S/C17H26N2O3S2/c1-13-9-10-16(23-13)24(21,22)19-11-5-8-15(19)17(20)18-12-14-6-3-2-4-7-14/h9-10,14-15H,2-8,11-12H2,1H3,(H,18,20)/t15-/m0/s1. The van der Waals surface area contributed by atoms with E-state index in [0.29, 0.717) is 29.6 Å². The highest BCUT2D eigenvalue weighted by Gasteiger charge is 2.40. The van der Waals surface area contributed by atoms with Gasteiger partial charge >= 0.3 is 0 Å². The van der Waals surface area contributed by atoms with Crippen LogP contribution in [-0.4, -0.2) is 37.8 Å². The molecule has 0 bridgehead atoms. The molecule has 1 N–H and O–H groups in total. The largest absolute Gasteiger partial charge is 0.354 e. The quantitative estimate of drug-likeness (QED) is 0.867. The van der Waals surface area contributed by atoms with Crippen LogP contribution in [0.1, 0.15) is 49.8 Å². The molecule has 2 heterocycles. The summed E-state index contributed by atoms with van der Waals surface area (Å²) < 4.78 is 27.4. The maximum Gasteiger partial charge on any atom is 0.253 e. The van der Waals surface area contributed by atoms with Gasteiger partial charge in [-0.2, -0.15) is 4.31 Å². The van der Waals surface area contributed by atoms with Gasteiger partial charge < -0.3 is 5.32 Å². The second kappa shape index (κ2) is 7.54. The van der Waals surface area contributed by atoms with Crippen molar-refractivity contribution in [3.05, 3.63) is 17.0 Å². The topological polar surface area (TPSA) is 66.5 Å². The predicted octanol–water partition coefficient (Wildman–Crippen LogP) is 2.91.